The zero-order valence-corrected chi connectivity index (χ0v) is 12.8. The van der Waals surface area contributed by atoms with Crippen molar-refractivity contribution in [2.45, 2.75) is 18.4 Å². The highest BCUT2D eigenvalue weighted by atomic mass is 32.2. The summed E-state index contributed by atoms with van der Waals surface area (Å²) in [6.07, 6.45) is 0. The van der Waals surface area contributed by atoms with Crippen molar-refractivity contribution in [3.8, 4) is 6.07 Å². The van der Waals surface area contributed by atoms with Crippen molar-refractivity contribution >= 4 is 10.0 Å². The van der Waals surface area contributed by atoms with Crippen LogP contribution in [0.1, 0.15) is 16.7 Å². The van der Waals surface area contributed by atoms with Crippen molar-refractivity contribution in [1.82, 2.24) is 4.31 Å². The van der Waals surface area contributed by atoms with Crippen LogP contribution in [0, 0.1) is 18.3 Å². The Morgan fingerprint density at radius 1 is 1.14 bits per heavy atom. The number of sulfonamides is 1. The van der Waals surface area contributed by atoms with Crippen LogP contribution in [0.25, 0.3) is 0 Å². The van der Waals surface area contributed by atoms with Crippen LogP contribution >= 0.6 is 0 Å². The van der Waals surface area contributed by atoms with E-state index in [4.69, 9.17) is 5.26 Å². The molecule has 0 spiro atoms. The van der Waals surface area contributed by atoms with Crippen LogP contribution in [0.3, 0.4) is 0 Å². The minimum Gasteiger partial charge on any atom is -0.207 e. The second-order valence-corrected chi connectivity index (χ2v) is 6.85. The Hall–Kier alpha value is -2.16. The maximum absolute atomic E-state index is 12.6. The summed E-state index contributed by atoms with van der Waals surface area (Å²) >= 11 is 0. The van der Waals surface area contributed by atoms with Gasteiger partial charge in [0, 0.05) is 13.6 Å². The largest absolute Gasteiger partial charge is 0.243 e. The second kappa shape index (κ2) is 6.08. The Morgan fingerprint density at radius 3 is 2.52 bits per heavy atom. The van der Waals surface area contributed by atoms with Gasteiger partial charge in [0.2, 0.25) is 10.0 Å². The lowest BCUT2D eigenvalue weighted by Gasteiger charge is -2.18. The first-order chi connectivity index (χ1) is 9.95. The minimum absolute atomic E-state index is 0.228. The van der Waals surface area contributed by atoms with Crippen LogP contribution in [-0.4, -0.2) is 19.8 Å². The normalized spacial score (nSPS) is 11.3. The summed E-state index contributed by atoms with van der Waals surface area (Å²) in [6.45, 7) is 2.00. The van der Waals surface area contributed by atoms with Gasteiger partial charge >= 0.3 is 0 Å². The van der Waals surface area contributed by atoms with Crippen molar-refractivity contribution in [3.63, 3.8) is 0 Å². The second-order valence-electron chi connectivity index (χ2n) is 4.84. The molecule has 0 radical (unpaired) electrons. The summed E-state index contributed by atoms with van der Waals surface area (Å²) < 4.78 is 26.4. The monoisotopic (exact) mass is 300 g/mol. The fourth-order valence-electron chi connectivity index (χ4n) is 2.10. The molecule has 0 aliphatic carbocycles. The van der Waals surface area contributed by atoms with E-state index in [-0.39, 0.29) is 6.54 Å². The highest BCUT2D eigenvalue weighted by molar-refractivity contribution is 7.89. The number of hydrogen-bond donors (Lipinski definition) is 0. The molecule has 0 fully saturated rings. The average molecular weight is 300 g/mol. The third-order valence-corrected chi connectivity index (χ3v) is 5.21. The van der Waals surface area contributed by atoms with Crippen molar-refractivity contribution in [2.75, 3.05) is 7.05 Å². The first kappa shape index (κ1) is 15.2. The van der Waals surface area contributed by atoms with Crippen LogP contribution in [-0.2, 0) is 16.6 Å². The number of nitriles is 1. The molecule has 4 nitrogen and oxygen atoms in total. The zero-order valence-electron chi connectivity index (χ0n) is 11.9. The highest BCUT2D eigenvalue weighted by Crippen LogP contribution is 2.20. The number of aryl methyl sites for hydroxylation is 1. The quantitative estimate of drug-likeness (QED) is 0.872. The fourth-order valence-corrected chi connectivity index (χ4v) is 3.48. The molecule has 0 heterocycles. The Labute approximate surface area is 125 Å². The van der Waals surface area contributed by atoms with E-state index in [9.17, 15) is 8.42 Å². The van der Waals surface area contributed by atoms with Gasteiger partial charge in [-0.1, -0.05) is 30.3 Å². The molecule has 0 unspecified atom stereocenters. The molecule has 2 aromatic carbocycles. The zero-order chi connectivity index (χ0) is 15.5. The van der Waals surface area contributed by atoms with E-state index in [1.165, 1.54) is 4.31 Å². The third-order valence-electron chi connectivity index (χ3n) is 3.24. The summed E-state index contributed by atoms with van der Waals surface area (Å²) in [7, 11) is -1.99. The van der Waals surface area contributed by atoms with Crippen molar-refractivity contribution in [1.29, 1.82) is 5.26 Å². The Bertz CT molecular complexity index is 792. The van der Waals surface area contributed by atoms with E-state index >= 15 is 0 Å². The minimum atomic E-state index is -3.54. The first-order valence-electron chi connectivity index (χ1n) is 6.46. The predicted molar refractivity (Wildman–Crippen MR) is 81.0 cm³/mol. The number of rotatable bonds is 4. The summed E-state index contributed by atoms with van der Waals surface area (Å²) in [5, 5.41) is 8.89. The van der Waals surface area contributed by atoms with Gasteiger partial charge in [0.1, 0.15) is 0 Å². The Balaban J connectivity index is 2.29. The van der Waals surface area contributed by atoms with Gasteiger partial charge in [-0.2, -0.15) is 9.57 Å². The van der Waals surface area contributed by atoms with E-state index in [2.05, 4.69) is 6.07 Å². The molecule has 2 rings (SSSR count). The summed E-state index contributed by atoms with van der Waals surface area (Å²) in [6, 6.07) is 15.9. The summed E-state index contributed by atoms with van der Waals surface area (Å²) in [5.41, 5.74) is 2.03. The molecular formula is C16H16N2O2S. The Kier molecular flexibility index (Phi) is 4.41. The van der Waals surface area contributed by atoms with E-state index in [0.717, 1.165) is 11.1 Å². The van der Waals surface area contributed by atoms with Crippen LogP contribution < -0.4 is 0 Å². The van der Waals surface area contributed by atoms with Gasteiger partial charge < -0.3 is 0 Å². The standard InChI is InChI=1S/C16H16N2O2S/c1-13-6-3-4-9-16(13)21(19,20)18(2)12-15-8-5-7-14(10-15)11-17/h3-10H,12H2,1-2H3. The van der Waals surface area contributed by atoms with Gasteiger partial charge in [-0.25, -0.2) is 8.42 Å². The van der Waals surface area contributed by atoms with Gasteiger partial charge in [0.25, 0.3) is 0 Å². The molecule has 0 aliphatic heterocycles. The molecule has 0 N–H and O–H groups in total. The average Bonchev–Trinajstić information content (AvgIpc) is 2.47. The molecule has 0 aliphatic rings. The number of hydrogen-bond acceptors (Lipinski definition) is 3. The topological polar surface area (TPSA) is 61.2 Å². The highest BCUT2D eigenvalue weighted by Gasteiger charge is 2.22. The first-order valence-corrected chi connectivity index (χ1v) is 7.90. The lowest BCUT2D eigenvalue weighted by molar-refractivity contribution is 0.466. The molecule has 0 bridgehead atoms. The number of benzene rings is 2. The van der Waals surface area contributed by atoms with Crippen LogP contribution in [0.2, 0.25) is 0 Å². The molecule has 0 saturated carbocycles. The van der Waals surface area contributed by atoms with Gasteiger partial charge in [-0.3, -0.25) is 0 Å². The van der Waals surface area contributed by atoms with E-state index in [0.29, 0.717) is 10.5 Å². The molecule has 0 amide bonds. The predicted octanol–water partition coefficient (Wildman–Crippen LogP) is 2.69. The van der Waals surface area contributed by atoms with E-state index < -0.39 is 10.0 Å². The van der Waals surface area contributed by atoms with Crippen molar-refractivity contribution in [3.05, 3.63) is 65.2 Å². The van der Waals surface area contributed by atoms with Gasteiger partial charge in [-0.05, 0) is 36.2 Å². The lowest BCUT2D eigenvalue weighted by atomic mass is 10.1. The molecule has 21 heavy (non-hydrogen) atoms. The molecular weight excluding hydrogens is 284 g/mol. The summed E-state index contributed by atoms with van der Waals surface area (Å²) in [4.78, 5) is 0.309. The molecule has 5 heteroatoms. The smallest absolute Gasteiger partial charge is 0.207 e. The fraction of sp³-hybridized carbons (Fsp3) is 0.188. The Morgan fingerprint density at radius 2 is 1.86 bits per heavy atom. The van der Waals surface area contributed by atoms with E-state index in [1.807, 2.05) is 12.1 Å². The van der Waals surface area contributed by atoms with Crippen LogP contribution in [0.15, 0.2) is 53.4 Å². The maximum Gasteiger partial charge on any atom is 0.243 e. The van der Waals surface area contributed by atoms with Gasteiger partial charge in [0.05, 0.1) is 16.5 Å². The molecule has 0 atom stereocenters. The molecule has 2 aromatic rings. The van der Waals surface area contributed by atoms with E-state index in [1.54, 1.807) is 50.4 Å². The van der Waals surface area contributed by atoms with Crippen LogP contribution in [0.4, 0.5) is 0 Å². The molecule has 0 aromatic heterocycles. The van der Waals surface area contributed by atoms with Gasteiger partial charge in [-0.15, -0.1) is 0 Å². The van der Waals surface area contributed by atoms with Crippen LogP contribution in [0.5, 0.6) is 0 Å². The van der Waals surface area contributed by atoms with Crippen molar-refractivity contribution in [2.24, 2.45) is 0 Å². The van der Waals surface area contributed by atoms with Gasteiger partial charge in [0.15, 0.2) is 0 Å². The lowest BCUT2D eigenvalue weighted by Crippen LogP contribution is -2.27. The SMILES string of the molecule is Cc1ccccc1S(=O)(=O)N(C)Cc1cccc(C#N)c1. The third kappa shape index (κ3) is 3.30. The molecule has 0 saturated heterocycles. The maximum atomic E-state index is 12.6. The van der Waals surface area contributed by atoms with Crippen molar-refractivity contribution < 1.29 is 8.42 Å². The molecule has 108 valence electrons. The number of nitrogens with zero attached hydrogens (tertiary/aromatic N) is 2. The summed E-state index contributed by atoms with van der Waals surface area (Å²) in [5.74, 6) is 0.